The van der Waals surface area contributed by atoms with Gasteiger partial charge in [-0.2, -0.15) is 0 Å². The van der Waals surface area contributed by atoms with Crippen LogP contribution in [0.2, 0.25) is 0 Å². The molecule has 1 unspecified atom stereocenters. The second kappa shape index (κ2) is 6.62. The summed E-state index contributed by atoms with van der Waals surface area (Å²) in [5, 5.41) is 0. The molecule has 3 aliphatic heterocycles. The molecule has 4 heteroatoms. The van der Waals surface area contributed by atoms with Gasteiger partial charge in [-0.1, -0.05) is 30.3 Å². The summed E-state index contributed by atoms with van der Waals surface area (Å²) < 4.78 is 0. The summed E-state index contributed by atoms with van der Waals surface area (Å²) in [7, 11) is 0. The van der Waals surface area contributed by atoms with Gasteiger partial charge in [0.25, 0.3) is 0 Å². The van der Waals surface area contributed by atoms with Crippen molar-refractivity contribution in [2.24, 2.45) is 0 Å². The third-order valence-electron chi connectivity index (χ3n) is 5.82. The van der Waals surface area contributed by atoms with Gasteiger partial charge in [0.05, 0.1) is 12.5 Å². The van der Waals surface area contributed by atoms with Crippen molar-refractivity contribution in [3.63, 3.8) is 0 Å². The van der Waals surface area contributed by atoms with Crippen molar-refractivity contribution in [3.8, 4) is 0 Å². The van der Waals surface area contributed by atoms with E-state index in [9.17, 15) is 4.79 Å². The molecule has 124 valence electrons. The fourth-order valence-electron chi connectivity index (χ4n) is 4.59. The number of fused-ring (bicyclic) bond motifs is 2. The number of rotatable bonds is 3. The zero-order valence-electron chi connectivity index (χ0n) is 13.9. The maximum absolute atomic E-state index is 12.9. The number of carbonyl (C=O) groups is 1. The quantitative estimate of drug-likeness (QED) is 0.848. The van der Waals surface area contributed by atoms with E-state index >= 15 is 0 Å². The zero-order valence-corrected chi connectivity index (χ0v) is 13.9. The normalized spacial score (nSPS) is 31.3. The molecule has 0 saturated carbocycles. The molecule has 3 fully saturated rings. The Hall–Kier alpha value is -1.39. The van der Waals surface area contributed by atoms with Gasteiger partial charge >= 0.3 is 0 Å². The lowest BCUT2D eigenvalue weighted by atomic mass is 9.93. The van der Waals surface area contributed by atoms with Gasteiger partial charge in [-0.15, -0.1) is 0 Å². The summed E-state index contributed by atoms with van der Waals surface area (Å²) in [6, 6.07) is 11.2. The topological polar surface area (TPSA) is 26.8 Å². The van der Waals surface area contributed by atoms with E-state index in [0.29, 0.717) is 24.4 Å². The van der Waals surface area contributed by atoms with Crippen LogP contribution in [0.25, 0.3) is 0 Å². The average Bonchev–Trinajstić information content (AvgIpc) is 3.10. The van der Waals surface area contributed by atoms with Crippen molar-refractivity contribution < 1.29 is 4.79 Å². The van der Waals surface area contributed by atoms with Gasteiger partial charge in [0.15, 0.2) is 0 Å². The van der Waals surface area contributed by atoms with Crippen LogP contribution in [0.3, 0.4) is 0 Å². The first kappa shape index (κ1) is 15.2. The van der Waals surface area contributed by atoms with Crippen molar-refractivity contribution in [1.29, 1.82) is 0 Å². The maximum Gasteiger partial charge on any atom is 0.227 e. The minimum atomic E-state index is 0.312. The largest absolute Gasteiger partial charge is 0.335 e. The maximum atomic E-state index is 12.9. The highest BCUT2D eigenvalue weighted by atomic mass is 16.2. The zero-order chi connectivity index (χ0) is 15.6. The first-order valence-electron chi connectivity index (χ1n) is 9.11. The number of benzene rings is 1. The monoisotopic (exact) mass is 313 g/mol. The molecule has 0 N–H and O–H groups in total. The van der Waals surface area contributed by atoms with Crippen molar-refractivity contribution >= 4 is 5.91 Å². The molecule has 0 aliphatic carbocycles. The van der Waals surface area contributed by atoms with Gasteiger partial charge in [0.1, 0.15) is 0 Å². The van der Waals surface area contributed by atoms with Gasteiger partial charge in [0, 0.05) is 25.7 Å². The number of likely N-dealkylation sites (tertiary alicyclic amines) is 1. The predicted molar refractivity (Wildman–Crippen MR) is 91.3 cm³/mol. The molecule has 0 spiro atoms. The van der Waals surface area contributed by atoms with Gasteiger partial charge < -0.3 is 4.90 Å². The van der Waals surface area contributed by atoms with Gasteiger partial charge in [-0.25, -0.2) is 0 Å². The van der Waals surface area contributed by atoms with E-state index in [1.807, 2.05) is 18.2 Å². The number of amides is 1. The lowest BCUT2D eigenvalue weighted by Crippen LogP contribution is -2.66. The Bertz CT molecular complexity index is 541. The Kier molecular flexibility index (Phi) is 4.36. The standard InChI is InChI=1S/C19H27N3O/c23-19(14-16-6-2-1-3-7-16)22-13-12-20-11-8-17(18(22)15-20)21-9-4-5-10-21/h1-3,6-7,17-18H,4-5,8-15H2/t17-,18+/m1/s1. The van der Waals surface area contributed by atoms with Crippen molar-refractivity contribution in [1.82, 2.24) is 14.7 Å². The Balaban J connectivity index is 1.49. The van der Waals surface area contributed by atoms with Gasteiger partial charge in [0.2, 0.25) is 5.91 Å². The minimum Gasteiger partial charge on any atom is -0.335 e. The summed E-state index contributed by atoms with van der Waals surface area (Å²) in [6.07, 6.45) is 4.42. The van der Waals surface area contributed by atoms with Crippen LogP contribution in [0.15, 0.2) is 30.3 Å². The predicted octanol–water partition coefficient (Wildman–Crippen LogP) is 1.61. The third kappa shape index (κ3) is 3.15. The number of piperidine rings is 1. The second-order valence-corrected chi connectivity index (χ2v) is 7.22. The van der Waals surface area contributed by atoms with Crippen LogP contribution in [0.5, 0.6) is 0 Å². The molecule has 0 radical (unpaired) electrons. The Morgan fingerprint density at radius 3 is 2.52 bits per heavy atom. The highest BCUT2D eigenvalue weighted by Gasteiger charge is 2.41. The highest BCUT2D eigenvalue weighted by Crippen LogP contribution is 2.28. The van der Waals surface area contributed by atoms with Gasteiger partial charge in [-0.3, -0.25) is 14.6 Å². The highest BCUT2D eigenvalue weighted by molar-refractivity contribution is 5.79. The lowest BCUT2D eigenvalue weighted by molar-refractivity contribution is -0.139. The SMILES string of the molecule is O=C(Cc1ccccc1)N1CCN2CC[C@@H](N3CCCC3)[C@@H]1C2. The van der Waals surface area contributed by atoms with E-state index in [4.69, 9.17) is 0 Å². The molecule has 4 nitrogen and oxygen atoms in total. The van der Waals surface area contributed by atoms with Crippen molar-refractivity contribution in [2.45, 2.75) is 37.8 Å². The molecule has 0 aromatic heterocycles. The minimum absolute atomic E-state index is 0.312. The Labute approximate surface area is 139 Å². The van der Waals surface area contributed by atoms with E-state index in [1.165, 1.54) is 38.9 Å². The summed E-state index contributed by atoms with van der Waals surface area (Å²) in [5.74, 6) is 0.312. The number of carbonyl (C=O) groups excluding carboxylic acids is 1. The van der Waals surface area contributed by atoms with Crippen molar-refractivity contribution in [3.05, 3.63) is 35.9 Å². The molecule has 1 amide bonds. The number of hydrogen-bond acceptors (Lipinski definition) is 3. The molecular formula is C19H27N3O. The number of piperazine rings is 1. The molecule has 3 atom stereocenters. The first-order chi connectivity index (χ1) is 11.3. The van der Waals surface area contributed by atoms with E-state index in [0.717, 1.165) is 25.2 Å². The number of nitrogens with zero attached hydrogens (tertiary/aromatic N) is 3. The molecular weight excluding hydrogens is 286 g/mol. The van der Waals surface area contributed by atoms with Crippen LogP contribution in [0, 0.1) is 0 Å². The van der Waals surface area contributed by atoms with Crippen LogP contribution in [-0.4, -0.2) is 72.0 Å². The third-order valence-corrected chi connectivity index (χ3v) is 5.82. The van der Waals surface area contributed by atoms with E-state index in [-0.39, 0.29) is 0 Å². The van der Waals surface area contributed by atoms with E-state index in [1.54, 1.807) is 0 Å². The molecule has 2 bridgehead atoms. The van der Waals surface area contributed by atoms with Crippen molar-refractivity contribution in [2.75, 3.05) is 39.3 Å². The second-order valence-electron chi connectivity index (χ2n) is 7.22. The summed E-state index contributed by atoms with van der Waals surface area (Å²) in [4.78, 5) is 20.3. The van der Waals surface area contributed by atoms with Crippen LogP contribution in [-0.2, 0) is 11.2 Å². The molecule has 3 aliphatic rings. The Morgan fingerprint density at radius 1 is 0.957 bits per heavy atom. The van der Waals surface area contributed by atoms with Crippen LogP contribution >= 0.6 is 0 Å². The molecule has 1 aromatic carbocycles. The van der Waals surface area contributed by atoms with Gasteiger partial charge in [-0.05, 0) is 44.5 Å². The van der Waals surface area contributed by atoms with E-state index < -0.39 is 0 Å². The average molecular weight is 313 g/mol. The smallest absolute Gasteiger partial charge is 0.227 e. The Morgan fingerprint density at radius 2 is 1.74 bits per heavy atom. The molecule has 3 saturated heterocycles. The molecule has 4 rings (SSSR count). The van der Waals surface area contributed by atoms with Crippen LogP contribution in [0.4, 0.5) is 0 Å². The van der Waals surface area contributed by atoms with Crippen LogP contribution < -0.4 is 0 Å². The lowest BCUT2D eigenvalue weighted by Gasteiger charge is -2.51. The molecule has 1 aromatic rings. The number of hydrogen-bond donors (Lipinski definition) is 0. The fourth-order valence-corrected chi connectivity index (χ4v) is 4.59. The summed E-state index contributed by atoms with van der Waals surface area (Å²) in [6.45, 7) is 6.67. The summed E-state index contributed by atoms with van der Waals surface area (Å²) >= 11 is 0. The molecule has 23 heavy (non-hydrogen) atoms. The summed E-state index contributed by atoms with van der Waals surface area (Å²) in [5.41, 5.74) is 1.13. The first-order valence-corrected chi connectivity index (χ1v) is 9.11. The fraction of sp³-hybridized carbons (Fsp3) is 0.632. The van der Waals surface area contributed by atoms with E-state index in [2.05, 4.69) is 26.8 Å². The molecule has 3 heterocycles. The van der Waals surface area contributed by atoms with Crippen LogP contribution in [0.1, 0.15) is 24.8 Å².